The highest BCUT2D eigenvalue weighted by Gasteiger charge is 2.03. The van der Waals surface area contributed by atoms with Crippen molar-refractivity contribution < 1.29 is 14.2 Å². The molecule has 0 amide bonds. The lowest BCUT2D eigenvalue weighted by molar-refractivity contribution is 0.260. The molecule has 0 aliphatic carbocycles. The van der Waals surface area contributed by atoms with Crippen LogP contribution >= 0.6 is 0 Å². The first-order valence-electron chi connectivity index (χ1n) is 5.30. The number of likely N-dealkylation sites (N-methyl/N-ethyl adjacent to an activating group) is 1. The van der Waals surface area contributed by atoms with E-state index in [4.69, 9.17) is 9.84 Å². The first kappa shape index (κ1) is 13.5. The molecule has 0 saturated heterocycles. The third-order valence-electron chi connectivity index (χ3n) is 2.04. The quantitative estimate of drug-likeness (QED) is 0.796. The number of halogens is 1. The summed E-state index contributed by atoms with van der Waals surface area (Å²) in [5.74, 6) is 5.29. The van der Waals surface area contributed by atoms with Gasteiger partial charge in [0.05, 0.1) is 5.56 Å². The second kappa shape index (κ2) is 6.89. The highest BCUT2D eigenvalue weighted by Crippen LogP contribution is 2.18. The second-order valence-electron chi connectivity index (χ2n) is 3.75. The van der Waals surface area contributed by atoms with Crippen molar-refractivity contribution in [2.75, 3.05) is 33.9 Å². The van der Waals surface area contributed by atoms with Crippen LogP contribution in [-0.4, -0.2) is 43.9 Å². The third kappa shape index (κ3) is 4.85. The van der Waals surface area contributed by atoms with Crippen LogP contribution in [0.5, 0.6) is 5.75 Å². The number of nitrogens with zero attached hydrogens (tertiary/aromatic N) is 1. The summed E-state index contributed by atoms with van der Waals surface area (Å²) < 4.78 is 18.5. The Morgan fingerprint density at radius 1 is 1.41 bits per heavy atom. The molecular formula is C13H16FNO2. The fraction of sp³-hybridized carbons (Fsp3) is 0.385. The smallest absolute Gasteiger partial charge is 0.137 e. The van der Waals surface area contributed by atoms with Gasteiger partial charge in [-0.2, -0.15) is 0 Å². The highest BCUT2D eigenvalue weighted by molar-refractivity contribution is 5.46. The van der Waals surface area contributed by atoms with E-state index in [1.54, 1.807) is 6.07 Å². The van der Waals surface area contributed by atoms with Gasteiger partial charge in [-0.15, -0.1) is 0 Å². The summed E-state index contributed by atoms with van der Waals surface area (Å²) in [6.07, 6.45) is 0. The number of benzene rings is 1. The molecule has 1 aromatic rings. The van der Waals surface area contributed by atoms with Gasteiger partial charge in [-0.25, -0.2) is 4.39 Å². The Hall–Kier alpha value is -1.57. The van der Waals surface area contributed by atoms with E-state index in [0.29, 0.717) is 17.9 Å². The van der Waals surface area contributed by atoms with Crippen LogP contribution in [0.3, 0.4) is 0 Å². The Morgan fingerprint density at radius 3 is 2.82 bits per heavy atom. The molecule has 3 nitrogen and oxygen atoms in total. The standard InChI is InChI=1S/C13H16FNO2/c1-15(2)7-9-17-13-10-12(14)6-5-11(13)4-3-8-16/h5-6,10,16H,7-9H2,1-2H3. The molecule has 0 aliphatic rings. The van der Waals surface area contributed by atoms with Crippen LogP contribution in [0.25, 0.3) is 0 Å². The van der Waals surface area contributed by atoms with Gasteiger partial charge in [0.15, 0.2) is 0 Å². The molecule has 0 fully saturated rings. The van der Waals surface area contributed by atoms with Gasteiger partial charge in [-0.05, 0) is 26.2 Å². The number of hydrogen-bond acceptors (Lipinski definition) is 3. The fourth-order valence-electron chi connectivity index (χ4n) is 1.19. The van der Waals surface area contributed by atoms with Crippen molar-refractivity contribution in [2.24, 2.45) is 0 Å². The van der Waals surface area contributed by atoms with Gasteiger partial charge in [0.1, 0.15) is 24.8 Å². The van der Waals surface area contributed by atoms with Crippen molar-refractivity contribution in [1.82, 2.24) is 4.90 Å². The van der Waals surface area contributed by atoms with Crippen molar-refractivity contribution in [3.63, 3.8) is 0 Å². The molecule has 1 aromatic carbocycles. The highest BCUT2D eigenvalue weighted by atomic mass is 19.1. The molecule has 0 atom stereocenters. The predicted molar refractivity (Wildman–Crippen MR) is 64.4 cm³/mol. The van der Waals surface area contributed by atoms with Gasteiger partial charge in [-0.3, -0.25) is 0 Å². The van der Waals surface area contributed by atoms with Gasteiger partial charge < -0.3 is 14.7 Å². The molecular weight excluding hydrogens is 221 g/mol. The van der Waals surface area contributed by atoms with E-state index in [-0.39, 0.29) is 12.4 Å². The summed E-state index contributed by atoms with van der Waals surface area (Å²) in [4.78, 5) is 1.97. The lowest BCUT2D eigenvalue weighted by atomic mass is 10.2. The zero-order valence-corrected chi connectivity index (χ0v) is 10.0. The second-order valence-corrected chi connectivity index (χ2v) is 3.75. The SMILES string of the molecule is CN(C)CCOc1cc(F)ccc1C#CCO. The van der Waals surface area contributed by atoms with E-state index in [0.717, 1.165) is 6.54 Å². The number of aliphatic hydroxyl groups is 1. The van der Waals surface area contributed by atoms with E-state index in [9.17, 15) is 4.39 Å². The van der Waals surface area contributed by atoms with Crippen molar-refractivity contribution in [2.45, 2.75) is 0 Å². The first-order chi connectivity index (χ1) is 8.13. The van der Waals surface area contributed by atoms with Gasteiger partial charge >= 0.3 is 0 Å². The van der Waals surface area contributed by atoms with Crippen molar-refractivity contribution in [3.8, 4) is 17.6 Å². The number of aliphatic hydroxyl groups excluding tert-OH is 1. The van der Waals surface area contributed by atoms with E-state index >= 15 is 0 Å². The normalized spacial score (nSPS) is 9.94. The summed E-state index contributed by atoms with van der Waals surface area (Å²) in [6.45, 7) is 0.974. The summed E-state index contributed by atoms with van der Waals surface area (Å²) >= 11 is 0. The Balaban J connectivity index is 2.76. The Kier molecular flexibility index (Phi) is 5.47. The molecule has 0 aliphatic heterocycles. The Labute approximate surface area is 101 Å². The van der Waals surface area contributed by atoms with E-state index in [2.05, 4.69) is 11.8 Å². The van der Waals surface area contributed by atoms with Crippen LogP contribution in [0, 0.1) is 17.7 Å². The topological polar surface area (TPSA) is 32.7 Å². The molecule has 92 valence electrons. The first-order valence-corrected chi connectivity index (χ1v) is 5.30. The maximum absolute atomic E-state index is 13.1. The minimum absolute atomic E-state index is 0.228. The lowest BCUT2D eigenvalue weighted by Gasteiger charge is -2.12. The average Bonchev–Trinajstić information content (AvgIpc) is 2.27. The molecule has 0 unspecified atom stereocenters. The minimum Gasteiger partial charge on any atom is -0.491 e. The van der Waals surface area contributed by atoms with Gasteiger partial charge in [0.2, 0.25) is 0 Å². The van der Waals surface area contributed by atoms with Crippen LogP contribution in [0.2, 0.25) is 0 Å². The molecule has 0 spiro atoms. The van der Waals surface area contributed by atoms with Crippen LogP contribution in [0.4, 0.5) is 4.39 Å². The molecule has 1 N–H and O–H groups in total. The molecule has 0 aromatic heterocycles. The van der Waals surface area contributed by atoms with Gasteiger partial charge in [0.25, 0.3) is 0 Å². The van der Waals surface area contributed by atoms with Gasteiger partial charge in [0, 0.05) is 12.6 Å². The summed E-state index contributed by atoms with van der Waals surface area (Å²) in [7, 11) is 3.86. The summed E-state index contributed by atoms with van der Waals surface area (Å²) in [5, 5.41) is 8.63. The molecule has 17 heavy (non-hydrogen) atoms. The van der Waals surface area contributed by atoms with Gasteiger partial charge in [-0.1, -0.05) is 11.8 Å². The molecule has 0 saturated carbocycles. The monoisotopic (exact) mass is 237 g/mol. The van der Waals surface area contributed by atoms with E-state index < -0.39 is 0 Å². The third-order valence-corrected chi connectivity index (χ3v) is 2.04. The zero-order chi connectivity index (χ0) is 12.7. The van der Waals surface area contributed by atoms with Crippen LogP contribution in [-0.2, 0) is 0 Å². The largest absolute Gasteiger partial charge is 0.491 e. The average molecular weight is 237 g/mol. The predicted octanol–water partition coefficient (Wildman–Crippen LogP) is 1.11. The molecule has 0 bridgehead atoms. The maximum atomic E-state index is 13.1. The number of rotatable bonds is 4. The summed E-state index contributed by atoms with van der Waals surface area (Å²) in [6, 6.07) is 4.17. The van der Waals surface area contributed by atoms with Crippen LogP contribution in [0.1, 0.15) is 5.56 Å². The van der Waals surface area contributed by atoms with E-state index in [1.807, 2.05) is 19.0 Å². The number of ether oxygens (including phenoxy) is 1. The van der Waals surface area contributed by atoms with Crippen LogP contribution in [0.15, 0.2) is 18.2 Å². The van der Waals surface area contributed by atoms with Crippen LogP contribution < -0.4 is 4.74 Å². The maximum Gasteiger partial charge on any atom is 0.137 e. The molecule has 4 heteroatoms. The van der Waals surface area contributed by atoms with Crippen molar-refractivity contribution in [3.05, 3.63) is 29.6 Å². The van der Waals surface area contributed by atoms with E-state index in [1.165, 1.54) is 12.1 Å². The minimum atomic E-state index is -0.362. The number of hydrogen-bond donors (Lipinski definition) is 1. The fourth-order valence-corrected chi connectivity index (χ4v) is 1.19. The summed E-state index contributed by atoms with van der Waals surface area (Å²) in [5.41, 5.74) is 0.583. The molecule has 1 rings (SSSR count). The molecule has 0 radical (unpaired) electrons. The van der Waals surface area contributed by atoms with Crippen molar-refractivity contribution in [1.29, 1.82) is 0 Å². The Morgan fingerprint density at radius 2 is 2.18 bits per heavy atom. The molecule has 0 heterocycles. The van der Waals surface area contributed by atoms with Crippen molar-refractivity contribution >= 4 is 0 Å². The Bertz CT molecular complexity index is 421. The lowest BCUT2D eigenvalue weighted by Crippen LogP contribution is -2.19. The zero-order valence-electron chi connectivity index (χ0n) is 10.0.